The lowest BCUT2D eigenvalue weighted by molar-refractivity contribution is -0.131. The number of aryl methyl sites for hydroxylation is 1. The van der Waals surface area contributed by atoms with Crippen LogP contribution in [0.5, 0.6) is 0 Å². The van der Waals surface area contributed by atoms with Crippen molar-refractivity contribution in [3.63, 3.8) is 0 Å². The molecule has 1 saturated heterocycles. The first-order valence-corrected chi connectivity index (χ1v) is 9.24. The minimum Gasteiger partial charge on any atom is -0.342 e. The Hall–Kier alpha value is -2.57. The second kappa shape index (κ2) is 8.41. The summed E-state index contributed by atoms with van der Waals surface area (Å²) in [5, 5.41) is 4.20. The SMILES string of the molecule is CCn1nc(CC(=O)N2CCC(Cc3cc(F)cc(F)c3)CC2)ccc1=O. The Morgan fingerprint density at radius 2 is 1.81 bits per heavy atom. The van der Waals surface area contributed by atoms with Gasteiger partial charge in [-0.05, 0) is 55.9 Å². The summed E-state index contributed by atoms with van der Waals surface area (Å²) < 4.78 is 28.0. The van der Waals surface area contributed by atoms with Crippen molar-refractivity contribution in [2.75, 3.05) is 13.1 Å². The number of aromatic nitrogens is 2. The molecule has 0 spiro atoms. The molecule has 144 valence electrons. The van der Waals surface area contributed by atoms with Crippen LogP contribution in [-0.2, 0) is 24.2 Å². The van der Waals surface area contributed by atoms with Gasteiger partial charge in [0.05, 0.1) is 12.1 Å². The summed E-state index contributed by atoms with van der Waals surface area (Å²) in [5.74, 6) is -0.827. The largest absolute Gasteiger partial charge is 0.342 e. The lowest BCUT2D eigenvalue weighted by Crippen LogP contribution is -2.40. The molecule has 1 amide bonds. The van der Waals surface area contributed by atoms with Gasteiger partial charge in [-0.3, -0.25) is 9.59 Å². The topological polar surface area (TPSA) is 55.2 Å². The molecular formula is C20H23F2N3O2. The minimum absolute atomic E-state index is 0.0148. The van der Waals surface area contributed by atoms with Crippen molar-refractivity contribution in [1.82, 2.24) is 14.7 Å². The summed E-state index contributed by atoms with van der Waals surface area (Å²) in [4.78, 5) is 25.9. The Bertz CT molecular complexity index is 854. The number of amides is 1. The number of nitrogens with zero attached hydrogens (tertiary/aromatic N) is 3. The van der Waals surface area contributed by atoms with E-state index >= 15 is 0 Å². The fraction of sp³-hybridized carbons (Fsp3) is 0.450. The maximum absolute atomic E-state index is 13.3. The van der Waals surface area contributed by atoms with Gasteiger partial charge in [0.1, 0.15) is 11.6 Å². The molecular weight excluding hydrogens is 352 g/mol. The molecule has 1 aliphatic rings. The first kappa shape index (κ1) is 19.2. The molecule has 1 aromatic carbocycles. The molecule has 0 aliphatic carbocycles. The first-order valence-electron chi connectivity index (χ1n) is 9.24. The molecule has 0 radical (unpaired) electrons. The molecule has 0 saturated carbocycles. The third-order valence-corrected chi connectivity index (χ3v) is 4.97. The Morgan fingerprint density at radius 3 is 2.44 bits per heavy atom. The molecule has 0 atom stereocenters. The Kier molecular flexibility index (Phi) is 5.98. The second-order valence-corrected chi connectivity index (χ2v) is 6.96. The predicted octanol–water partition coefficient (Wildman–Crippen LogP) is 2.57. The van der Waals surface area contributed by atoms with Crippen molar-refractivity contribution in [3.05, 3.63) is 63.6 Å². The van der Waals surface area contributed by atoms with Crippen LogP contribution in [0.2, 0.25) is 0 Å². The van der Waals surface area contributed by atoms with E-state index in [0.29, 0.717) is 43.2 Å². The summed E-state index contributed by atoms with van der Waals surface area (Å²) >= 11 is 0. The smallest absolute Gasteiger partial charge is 0.266 e. The van der Waals surface area contributed by atoms with E-state index in [-0.39, 0.29) is 17.9 Å². The highest BCUT2D eigenvalue weighted by Crippen LogP contribution is 2.23. The summed E-state index contributed by atoms with van der Waals surface area (Å²) in [7, 11) is 0. The van der Waals surface area contributed by atoms with Crippen LogP contribution in [0.25, 0.3) is 0 Å². The molecule has 0 unspecified atom stereocenters. The molecule has 0 N–H and O–H groups in total. The third kappa shape index (κ3) is 4.99. The van der Waals surface area contributed by atoms with Crippen molar-refractivity contribution in [3.8, 4) is 0 Å². The second-order valence-electron chi connectivity index (χ2n) is 6.96. The number of benzene rings is 1. The van der Waals surface area contributed by atoms with Crippen LogP contribution in [-0.4, -0.2) is 33.7 Å². The van der Waals surface area contributed by atoms with Crippen molar-refractivity contribution >= 4 is 5.91 Å². The number of carbonyl (C=O) groups is 1. The Labute approximate surface area is 156 Å². The van der Waals surface area contributed by atoms with Gasteiger partial charge in [-0.15, -0.1) is 0 Å². The van der Waals surface area contributed by atoms with Crippen LogP contribution in [0.1, 0.15) is 31.0 Å². The molecule has 2 aromatic rings. The zero-order valence-electron chi connectivity index (χ0n) is 15.3. The van der Waals surface area contributed by atoms with Crippen molar-refractivity contribution in [1.29, 1.82) is 0 Å². The van der Waals surface area contributed by atoms with Crippen LogP contribution in [0.3, 0.4) is 0 Å². The molecule has 0 bridgehead atoms. The maximum atomic E-state index is 13.3. The van der Waals surface area contributed by atoms with E-state index in [0.717, 1.165) is 18.9 Å². The Balaban J connectivity index is 1.54. The normalized spacial score (nSPS) is 15.1. The van der Waals surface area contributed by atoms with Gasteiger partial charge in [-0.1, -0.05) is 0 Å². The Morgan fingerprint density at radius 1 is 1.15 bits per heavy atom. The molecule has 5 nitrogen and oxygen atoms in total. The summed E-state index contributed by atoms with van der Waals surface area (Å²) in [6, 6.07) is 6.64. The van der Waals surface area contributed by atoms with Crippen LogP contribution < -0.4 is 5.56 Å². The molecule has 1 fully saturated rings. The molecule has 27 heavy (non-hydrogen) atoms. The summed E-state index contributed by atoms with van der Waals surface area (Å²) in [6.45, 7) is 3.53. The number of piperidine rings is 1. The van der Waals surface area contributed by atoms with Crippen LogP contribution in [0.4, 0.5) is 8.78 Å². The monoisotopic (exact) mass is 375 g/mol. The van der Waals surface area contributed by atoms with E-state index in [1.807, 2.05) is 6.92 Å². The number of rotatable bonds is 5. The highest BCUT2D eigenvalue weighted by atomic mass is 19.1. The van der Waals surface area contributed by atoms with Crippen molar-refractivity contribution in [2.45, 2.75) is 39.2 Å². The van der Waals surface area contributed by atoms with E-state index < -0.39 is 11.6 Å². The number of likely N-dealkylation sites (tertiary alicyclic amines) is 1. The number of hydrogen-bond donors (Lipinski definition) is 0. The predicted molar refractivity (Wildman–Crippen MR) is 97.2 cm³/mol. The van der Waals surface area contributed by atoms with Gasteiger partial charge in [-0.25, -0.2) is 13.5 Å². The molecule has 7 heteroatoms. The van der Waals surface area contributed by atoms with Gasteiger partial charge >= 0.3 is 0 Å². The van der Waals surface area contributed by atoms with Crippen LogP contribution in [0, 0.1) is 17.6 Å². The van der Waals surface area contributed by atoms with Gasteiger partial charge in [-0.2, -0.15) is 5.10 Å². The first-order chi connectivity index (χ1) is 12.9. The molecule has 3 rings (SSSR count). The van der Waals surface area contributed by atoms with E-state index in [4.69, 9.17) is 0 Å². The maximum Gasteiger partial charge on any atom is 0.266 e. The average molecular weight is 375 g/mol. The number of carbonyl (C=O) groups excluding carboxylic acids is 1. The lowest BCUT2D eigenvalue weighted by Gasteiger charge is -2.32. The fourth-order valence-corrected chi connectivity index (χ4v) is 3.53. The average Bonchev–Trinajstić information content (AvgIpc) is 2.63. The van der Waals surface area contributed by atoms with E-state index in [1.165, 1.54) is 22.9 Å². The van der Waals surface area contributed by atoms with Crippen molar-refractivity contribution < 1.29 is 13.6 Å². The third-order valence-electron chi connectivity index (χ3n) is 4.97. The highest BCUT2D eigenvalue weighted by Gasteiger charge is 2.23. The summed E-state index contributed by atoms with van der Waals surface area (Å²) in [5.41, 5.74) is 1.06. The van der Waals surface area contributed by atoms with Gasteiger partial charge in [0, 0.05) is 31.8 Å². The number of hydrogen-bond acceptors (Lipinski definition) is 3. The standard InChI is InChI=1S/C20H23F2N3O2/c1-2-25-19(26)4-3-18(23-25)13-20(27)24-7-5-14(6-8-24)9-15-10-16(21)12-17(22)11-15/h3-4,10-12,14H,2,5-9,13H2,1H3. The molecule has 1 aliphatic heterocycles. The van der Waals surface area contributed by atoms with Gasteiger partial charge < -0.3 is 4.90 Å². The fourth-order valence-electron chi connectivity index (χ4n) is 3.53. The number of halogens is 2. The highest BCUT2D eigenvalue weighted by molar-refractivity contribution is 5.78. The van der Waals surface area contributed by atoms with Gasteiger partial charge in [0.15, 0.2) is 0 Å². The minimum atomic E-state index is -0.557. The van der Waals surface area contributed by atoms with Crippen LogP contribution >= 0.6 is 0 Å². The van der Waals surface area contributed by atoms with Gasteiger partial charge in [0.2, 0.25) is 5.91 Å². The lowest BCUT2D eigenvalue weighted by atomic mass is 9.90. The van der Waals surface area contributed by atoms with E-state index in [9.17, 15) is 18.4 Å². The molecule has 2 heterocycles. The zero-order valence-corrected chi connectivity index (χ0v) is 15.3. The van der Waals surface area contributed by atoms with E-state index in [1.54, 1.807) is 11.0 Å². The van der Waals surface area contributed by atoms with Crippen molar-refractivity contribution in [2.24, 2.45) is 5.92 Å². The van der Waals surface area contributed by atoms with Crippen LogP contribution in [0.15, 0.2) is 35.1 Å². The van der Waals surface area contributed by atoms with Gasteiger partial charge in [0.25, 0.3) is 5.56 Å². The van der Waals surface area contributed by atoms with E-state index in [2.05, 4.69) is 5.10 Å². The zero-order chi connectivity index (χ0) is 19.4. The summed E-state index contributed by atoms with van der Waals surface area (Å²) in [6.07, 6.45) is 2.37. The molecule has 1 aromatic heterocycles. The quantitative estimate of drug-likeness (QED) is 0.807.